The predicted octanol–water partition coefficient (Wildman–Crippen LogP) is 0.0215. The summed E-state index contributed by atoms with van der Waals surface area (Å²) in [5.41, 5.74) is 1.55. The number of amides is 2. The van der Waals surface area contributed by atoms with Crippen molar-refractivity contribution >= 4 is 6.03 Å². The van der Waals surface area contributed by atoms with Gasteiger partial charge in [-0.25, -0.2) is 10.2 Å². The molecule has 2 amide bonds. The molecule has 0 aliphatic rings. The normalized spacial score (nSPS) is 8.78. The van der Waals surface area contributed by atoms with Gasteiger partial charge < -0.3 is 4.90 Å². The van der Waals surface area contributed by atoms with Crippen LogP contribution in [0.25, 0.3) is 0 Å². The number of nitrogens with zero attached hydrogens (tertiary/aromatic N) is 2. The van der Waals surface area contributed by atoms with E-state index < -0.39 is 6.03 Å². The Morgan fingerprint density at radius 1 is 1.56 bits per heavy atom. The number of urea groups is 1. The smallest absolute Gasteiger partial charge is 0.324 e. The van der Waals surface area contributed by atoms with Crippen LogP contribution < -0.4 is 11.3 Å². The Labute approximate surface area is 55.0 Å². The van der Waals surface area contributed by atoms with Crippen LogP contribution in [0.1, 0.15) is 13.8 Å². The highest BCUT2D eigenvalue weighted by Crippen LogP contribution is 1.84. The van der Waals surface area contributed by atoms with E-state index in [1.807, 2.05) is 13.8 Å². The predicted molar refractivity (Wildman–Crippen MR) is 33.6 cm³/mol. The van der Waals surface area contributed by atoms with Gasteiger partial charge in [-0.2, -0.15) is 0 Å². The third-order valence-electron chi connectivity index (χ3n) is 1.15. The largest absolute Gasteiger partial charge is 0.334 e. The van der Waals surface area contributed by atoms with E-state index in [1.165, 1.54) is 4.90 Å². The van der Waals surface area contributed by atoms with Crippen LogP contribution in [0, 0.1) is 0 Å². The monoisotopic (exact) mass is 129 g/mol. The van der Waals surface area contributed by atoms with E-state index in [2.05, 4.69) is 0 Å². The molecular weight excluding hydrogens is 118 g/mol. The summed E-state index contributed by atoms with van der Waals surface area (Å²) in [5, 5.41) is 0. The second kappa shape index (κ2) is 4.14. The number of rotatable bonds is 2. The van der Waals surface area contributed by atoms with Crippen molar-refractivity contribution < 1.29 is 4.79 Å². The number of carbonyl (C=O) groups excluding carboxylic acids is 1. The van der Waals surface area contributed by atoms with Gasteiger partial charge in [-0.15, -0.1) is 0 Å². The highest BCUT2D eigenvalue weighted by atomic mass is 16.2. The molecule has 0 saturated carbocycles. The van der Waals surface area contributed by atoms with Gasteiger partial charge in [0.25, 0.3) is 0 Å². The molecule has 0 atom stereocenters. The van der Waals surface area contributed by atoms with Crippen LogP contribution in [-0.2, 0) is 0 Å². The lowest BCUT2D eigenvalue weighted by molar-refractivity contribution is 0.203. The summed E-state index contributed by atoms with van der Waals surface area (Å²) in [6, 6.07) is -0.444. The van der Waals surface area contributed by atoms with Crippen LogP contribution in [0.3, 0.4) is 0 Å². The molecular formula is C5H11N3O. The molecule has 0 aliphatic heterocycles. The number of hydrogen-bond donors (Lipinski definition) is 1. The maximum Gasteiger partial charge on any atom is 0.334 e. The van der Waals surface area contributed by atoms with Gasteiger partial charge in [0, 0.05) is 13.1 Å². The van der Waals surface area contributed by atoms with Crippen molar-refractivity contribution in [2.75, 3.05) is 13.1 Å². The standard InChI is InChI=1S/C5H11N3O/c1-3-8(4-2)5(9)7-6/h3-4H2,1-2H3,(H,7,9). The van der Waals surface area contributed by atoms with Crippen LogP contribution in [0.15, 0.2) is 0 Å². The van der Waals surface area contributed by atoms with Gasteiger partial charge in [-0.1, -0.05) is 0 Å². The topological polar surface area (TPSA) is 54.6 Å². The lowest BCUT2D eigenvalue weighted by atomic mass is 10.5. The molecule has 52 valence electrons. The van der Waals surface area contributed by atoms with Crippen molar-refractivity contribution in [3.63, 3.8) is 0 Å². The summed E-state index contributed by atoms with van der Waals surface area (Å²) in [4.78, 5) is 12.0. The Morgan fingerprint density at radius 2 is 2.00 bits per heavy atom. The van der Waals surface area contributed by atoms with Crippen LogP contribution in [0.4, 0.5) is 4.79 Å². The second-order valence-corrected chi connectivity index (χ2v) is 1.59. The molecule has 4 heteroatoms. The van der Waals surface area contributed by atoms with E-state index in [1.54, 1.807) is 5.43 Å². The molecule has 0 unspecified atom stereocenters. The van der Waals surface area contributed by atoms with Gasteiger partial charge in [0.2, 0.25) is 0 Å². The molecule has 0 bridgehead atoms. The van der Waals surface area contributed by atoms with E-state index in [4.69, 9.17) is 5.84 Å². The van der Waals surface area contributed by atoms with Crippen molar-refractivity contribution in [2.24, 2.45) is 0 Å². The van der Waals surface area contributed by atoms with Crippen LogP contribution in [0.2, 0.25) is 0 Å². The number of hydrogen-bond acceptors (Lipinski definition) is 1. The first-order chi connectivity index (χ1) is 4.26. The fourth-order valence-electron chi connectivity index (χ4n) is 0.582. The summed E-state index contributed by atoms with van der Waals surface area (Å²) in [6.45, 7) is 4.92. The maximum atomic E-state index is 10.5. The number of nitrogens with one attached hydrogen (secondary N) is 1. The zero-order valence-corrected chi connectivity index (χ0v) is 5.72. The highest BCUT2D eigenvalue weighted by Gasteiger charge is 2.05. The zero-order valence-electron chi connectivity index (χ0n) is 5.72. The summed E-state index contributed by atoms with van der Waals surface area (Å²) in [6.07, 6.45) is 0. The molecule has 0 fully saturated rings. The van der Waals surface area contributed by atoms with E-state index in [-0.39, 0.29) is 0 Å². The molecule has 0 saturated heterocycles. The van der Waals surface area contributed by atoms with Gasteiger partial charge in [-0.3, -0.25) is 0 Å². The Balaban J connectivity index is 3.64. The summed E-state index contributed by atoms with van der Waals surface area (Å²) >= 11 is 0. The van der Waals surface area contributed by atoms with E-state index in [0.29, 0.717) is 13.1 Å². The lowest BCUT2D eigenvalue weighted by Gasteiger charge is -2.15. The third-order valence-corrected chi connectivity index (χ3v) is 1.15. The first-order valence-electron chi connectivity index (χ1n) is 2.95. The Kier molecular flexibility index (Phi) is 3.79. The summed E-state index contributed by atoms with van der Waals surface area (Å²) in [7, 11) is 0. The highest BCUT2D eigenvalue weighted by molar-refractivity contribution is 5.73. The Morgan fingerprint density at radius 3 is 2.11 bits per heavy atom. The molecule has 0 aromatic rings. The molecule has 9 heavy (non-hydrogen) atoms. The first-order valence-corrected chi connectivity index (χ1v) is 2.95. The van der Waals surface area contributed by atoms with Crippen molar-refractivity contribution in [3.05, 3.63) is 0 Å². The Bertz CT molecular complexity index is 90.2. The van der Waals surface area contributed by atoms with Gasteiger partial charge in [0.15, 0.2) is 0 Å². The minimum absolute atomic E-state index is 0.444. The van der Waals surface area contributed by atoms with Gasteiger partial charge in [0.05, 0.1) is 0 Å². The summed E-state index contributed by atoms with van der Waals surface area (Å²) < 4.78 is 0. The fourth-order valence-corrected chi connectivity index (χ4v) is 0.582. The third kappa shape index (κ3) is 2.32. The minimum atomic E-state index is -0.444. The average Bonchev–Trinajstić information content (AvgIpc) is 1.90. The fraction of sp³-hybridized carbons (Fsp3) is 0.800. The van der Waals surface area contributed by atoms with Gasteiger partial charge in [-0.05, 0) is 19.7 Å². The molecule has 0 spiro atoms. The lowest BCUT2D eigenvalue weighted by Crippen LogP contribution is -2.38. The summed E-state index contributed by atoms with van der Waals surface area (Å²) in [5.74, 6) is 8.13. The van der Waals surface area contributed by atoms with Crippen molar-refractivity contribution in [2.45, 2.75) is 13.8 Å². The first kappa shape index (κ1) is 8.23. The van der Waals surface area contributed by atoms with Crippen molar-refractivity contribution in [3.8, 4) is 0 Å². The zero-order chi connectivity index (χ0) is 7.28. The molecule has 0 aliphatic carbocycles. The van der Waals surface area contributed by atoms with E-state index in [0.717, 1.165) is 0 Å². The second-order valence-electron chi connectivity index (χ2n) is 1.59. The molecule has 0 aromatic carbocycles. The molecule has 0 aromatic heterocycles. The average molecular weight is 129 g/mol. The van der Waals surface area contributed by atoms with Crippen LogP contribution in [-0.4, -0.2) is 24.0 Å². The molecule has 1 N–H and O–H groups in total. The van der Waals surface area contributed by atoms with Gasteiger partial charge >= 0.3 is 6.03 Å². The maximum absolute atomic E-state index is 10.5. The Hall–Kier alpha value is -0.770. The van der Waals surface area contributed by atoms with Crippen LogP contribution >= 0.6 is 0 Å². The van der Waals surface area contributed by atoms with Crippen LogP contribution in [0.5, 0.6) is 0 Å². The van der Waals surface area contributed by atoms with Gasteiger partial charge in [0.1, 0.15) is 0 Å². The minimum Gasteiger partial charge on any atom is -0.324 e. The SMILES string of the molecule is CCN(CC)C(=O)N[N]. The van der Waals surface area contributed by atoms with E-state index in [9.17, 15) is 4.79 Å². The van der Waals surface area contributed by atoms with E-state index >= 15 is 0 Å². The molecule has 4 nitrogen and oxygen atoms in total. The molecule has 2 radical (unpaired) electrons. The number of carbonyl (C=O) groups is 1. The van der Waals surface area contributed by atoms with Crippen molar-refractivity contribution in [1.29, 1.82) is 0 Å². The molecule has 0 rings (SSSR count). The van der Waals surface area contributed by atoms with Crippen molar-refractivity contribution in [1.82, 2.24) is 16.2 Å². The quantitative estimate of drug-likeness (QED) is 0.525. The molecule has 0 heterocycles.